The zero-order valence-electron chi connectivity index (χ0n) is 7.31. The van der Waals surface area contributed by atoms with E-state index in [-0.39, 0.29) is 12.8 Å². The summed E-state index contributed by atoms with van der Waals surface area (Å²) in [5.74, 6) is -1.80. The van der Waals surface area contributed by atoms with Crippen LogP contribution in [0.2, 0.25) is 0 Å². The van der Waals surface area contributed by atoms with Gasteiger partial charge >= 0.3 is 19.9 Å². The average molecular weight is 353 g/mol. The van der Waals surface area contributed by atoms with Crippen LogP contribution in [0.3, 0.4) is 0 Å². The summed E-state index contributed by atoms with van der Waals surface area (Å²) in [6.45, 7) is 0. The molecule has 0 saturated heterocycles. The molecule has 0 aromatic carbocycles. The quantitative estimate of drug-likeness (QED) is 0.576. The van der Waals surface area contributed by atoms with Gasteiger partial charge in [0.25, 0.3) is 0 Å². The Hall–Kier alpha value is 0.680. The second kappa shape index (κ2) is 6.57. The van der Waals surface area contributed by atoms with E-state index in [4.69, 9.17) is 69.6 Å². The molecule has 0 aromatic heterocycles. The summed E-state index contributed by atoms with van der Waals surface area (Å²) in [5.41, 5.74) is 0. The van der Waals surface area contributed by atoms with E-state index in [1.54, 1.807) is 0 Å². The number of rotatable bonds is 3. The molecule has 10 heteroatoms. The highest BCUT2D eigenvalue weighted by molar-refractivity contribution is 6.67. The molecule has 16 heavy (non-hydrogen) atoms. The van der Waals surface area contributed by atoms with Gasteiger partial charge in [0.05, 0.1) is 12.8 Å². The first-order valence-corrected chi connectivity index (χ1v) is 5.83. The molecule has 0 saturated carbocycles. The van der Waals surface area contributed by atoms with Gasteiger partial charge in [-0.1, -0.05) is 0 Å². The minimum atomic E-state index is -2.17. The zero-order valence-corrected chi connectivity index (χ0v) is 11.9. The molecule has 4 nitrogen and oxygen atoms in total. The maximum absolute atomic E-state index is 10.9. The molecule has 0 N–H and O–H groups in total. The van der Waals surface area contributed by atoms with Gasteiger partial charge in [-0.2, -0.15) is 0 Å². The van der Waals surface area contributed by atoms with E-state index in [1.807, 2.05) is 0 Å². The first kappa shape index (κ1) is 16.7. The van der Waals surface area contributed by atoms with Crippen molar-refractivity contribution in [2.75, 3.05) is 0 Å². The molecule has 0 aromatic rings. The molecule has 0 aliphatic rings. The second-order valence-electron chi connectivity index (χ2n) is 2.34. The number of hydrogen-bond donors (Lipinski definition) is 0. The van der Waals surface area contributed by atoms with Crippen molar-refractivity contribution in [1.29, 1.82) is 0 Å². The van der Waals surface area contributed by atoms with E-state index in [9.17, 15) is 9.59 Å². The molecule has 0 atom stereocenters. The van der Waals surface area contributed by atoms with Crippen molar-refractivity contribution in [2.24, 2.45) is 0 Å². The van der Waals surface area contributed by atoms with E-state index < -0.39 is 19.9 Å². The number of alkyl halides is 6. The fourth-order valence-electron chi connectivity index (χ4n) is 0.564. The van der Waals surface area contributed by atoms with Gasteiger partial charge in [-0.25, -0.2) is 0 Å². The van der Waals surface area contributed by atoms with Crippen molar-refractivity contribution in [3.8, 4) is 0 Å². The maximum atomic E-state index is 10.9. The Bertz CT molecular complexity index is 239. The van der Waals surface area contributed by atoms with Crippen molar-refractivity contribution >= 4 is 81.5 Å². The molecule has 0 fully saturated rings. The minimum Gasteiger partial charge on any atom is -0.415 e. The van der Waals surface area contributed by atoms with Crippen molar-refractivity contribution in [2.45, 2.75) is 20.8 Å². The molecule has 0 amide bonds. The molecule has 0 radical (unpaired) electrons. The summed E-state index contributed by atoms with van der Waals surface area (Å²) in [6.07, 6.45) is -0.735. The lowest BCUT2D eigenvalue weighted by Crippen LogP contribution is -2.20. The van der Waals surface area contributed by atoms with Gasteiger partial charge in [-0.3, -0.25) is 9.59 Å². The standard InChI is InChI=1S/C6H4Cl6O4/c7-5(8,9)15-3(13)1-2-4(14)16-6(10,11)12/h1-2H2. The Labute approximate surface area is 121 Å². The van der Waals surface area contributed by atoms with Gasteiger partial charge in [0.2, 0.25) is 0 Å². The highest BCUT2D eigenvalue weighted by Crippen LogP contribution is 2.29. The highest BCUT2D eigenvalue weighted by atomic mass is 35.6. The zero-order chi connectivity index (χ0) is 13.0. The van der Waals surface area contributed by atoms with Gasteiger partial charge in [0, 0.05) is 0 Å². The Morgan fingerprint density at radius 3 is 1.19 bits per heavy atom. The van der Waals surface area contributed by atoms with Gasteiger partial charge < -0.3 is 9.47 Å². The SMILES string of the molecule is O=C(CCC(=O)OC(Cl)(Cl)Cl)OC(Cl)(Cl)Cl. The Kier molecular flexibility index (Phi) is 6.85. The van der Waals surface area contributed by atoms with Crippen LogP contribution >= 0.6 is 69.6 Å². The van der Waals surface area contributed by atoms with Crippen LogP contribution in [0.15, 0.2) is 0 Å². The molecule has 0 aliphatic carbocycles. The van der Waals surface area contributed by atoms with Gasteiger partial charge in [-0.05, 0) is 69.6 Å². The Morgan fingerprint density at radius 1 is 0.750 bits per heavy atom. The third-order valence-electron chi connectivity index (χ3n) is 0.992. The normalized spacial score (nSPS) is 12.1. The maximum Gasteiger partial charge on any atom is 0.340 e. The first-order chi connectivity index (χ1) is 6.99. The molecule has 0 heterocycles. The number of carbonyl (C=O) groups excluding carboxylic acids is 2. The van der Waals surface area contributed by atoms with Crippen LogP contribution in [-0.2, 0) is 19.1 Å². The van der Waals surface area contributed by atoms with E-state index in [0.717, 1.165) is 0 Å². The number of carbonyl (C=O) groups is 2. The lowest BCUT2D eigenvalue weighted by molar-refractivity contribution is -0.151. The smallest absolute Gasteiger partial charge is 0.340 e. The van der Waals surface area contributed by atoms with Crippen LogP contribution < -0.4 is 0 Å². The molecule has 94 valence electrons. The lowest BCUT2D eigenvalue weighted by Gasteiger charge is -2.13. The Morgan fingerprint density at radius 2 is 1.00 bits per heavy atom. The summed E-state index contributed by atoms with van der Waals surface area (Å²) >= 11 is 30.9. The summed E-state index contributed by atoms with van der Waals surface area (Å²) in [4.78, 5) is 21.9. The predicted octanol–water partition coefficient (Wildman–Crippen LogP) is 3.51. The number of ether oxygens (including phenoxy) is 2. The Balaban J connectivity index is 3.90. The van der Waals surface area contributed by atoms with Gasteiger partial charge in [-0.15, -0.1) is 0 Å². The summed E-state index contributed by atoms with van der Waals surface area (Å²) < 4.78 is 4.20. The largest absolute Gasteiger partial charge is 0.415 e. The monoisotopic (exact) mass is 350 g/mol. The number of esters is 2. The molecular weight excluding hydrogens is 349 g/mol. The van der Waals surface area contributed by atoms with E-state index in [0.29, 0.717) is 0 Å². The van der Waals surface area contributed by atoms with E-state index in [2.05, 4.69) is 9.47 Å². The summed E-state index contributed by atoms with van der Waals surface area (Å²) in [6, 6.07) is 0. The van der Waals surface area contributed by atoms with Crippen LogP contribution in [0, 0.1) is 0 Å². The van der Waals surface area contributed by atoms with Gasteiger partial charge in [0.15, 0.2) is 0 Å². The fourth-order valence-corrected chi connectivity index (χ4v) is 1.08. The third kappa shape index (κ3) is 11.2. The highest BCUT2D eigenvalue weighted by Gasteiger charge is 2.28. The van der Waals surface area contributed by atoms with Crippen molar-refractivity contribution in [1.82, 2.24) is 0 Å². The van der Waals surface area contributed by atoms with Crippen LogP contribution in [0.5, 0.6) is 0 Å². The predicted molar refractivity (Wildman–Crippen MR) is 62.0 cm³/mol. The summed E-state index contributed by atoms with van der Waals surface area (Å²) in [7, 11) is 0. The second-order valence-corrected chi connectivity index (χ2v) is 6.69. The topological polar surface area (TPSA) is 52.6 Å². The van der Waals surface area contributed by atoms with Crippen LogP contribution in [-0.4, -0.2) is 19.9 Å². The lowest BCUT2D eigenvalue weighted by atomic mass is 10.3. The molecular formula is C6H4Cl6O4. The van der Waals surface area contributed by atoms with Gasteiger partial charge in [0.1, 0.15) is 0 Å². The van der Waals surface area contributed by atoms with Crippen LogP contribution in [0.4, 0.5) is 0 Å². The number of hydrogen-bond acceptors (Lipinski definition) is 4. The number of halogens is 6. The van der Waals surface area contributed by atoms with Crippen molar-refractivity contribution in [3.63, 3.8) is 0 Å². The third-order valence-corrected chi connectivity index (χ3v) is 1.46. The fraction of sp³-hybridized carbons (Fsp3) is 0.667. The molecule has 0 rings (SSSR count). The van der Waals surface area contributed by atoms with Crippen molar-refractivity contribution < 1.29 is 19.1 Å². The molecule has 0 bridgehead atoms. The van der Waals surface area contributed by atoms with E-state index >= 15 is 0 Å². The summed E-state index contributed by atoms with van der Waals surface area (Å²) in [5, 5.41) is 0. The van der Waals surface area contributed by atoms with E-state index in [1.165, 1.54) is 0 Å². The van der Waals surface area contributed by atoms with Crippen LogP contribution in [0.25, 0.3) is 0 Å². The molecule has 0 unspecified atom stereocenters. The molecule has 0 spiro atoms. The van der Waals surface area contributed by atoms with Crippen LogP contribution in [0.1, 0.15) is 12.8 Å². The average Bonchev–Trinajstić information content (AvgIpc) is 1.94. The molecule has 0 aliphatic heterocycles. The first-order valence-electron chi connectivity index (χ1n) is 3.57. The minimum absolute atomic E-state index is 0.368. The van der Waals surface area contributed by atoms with Crippen molar-refractivity contribution in [3.05, 3.63) is 0 Å².